The molecule has 0 saturated heterocycles. The number of nitrogens with two attached hydrogens (primary N) is 1. The van der Waals surface area contributed by atoms with E-state index in [0.717, 1.165) is 0 Å². The van der Waals surface area contributed by atoms with Crippen molar-refractivity contribution >= 4 is 5.95 Å². The molecule has 1 rings (SSSR count). The Bertz CT molecular complexity index is 257. The first-order valence-corrected chi connectivity index (χ1v) is 3.12. The molecule has 1 aromatic rings. The molecule has 7 heteroatoms. The Kier molecular flexibility index (Phi) is 2.20. The minimum atomic E-state index is -4.21. The molecule has 2 N–H and O–H groups in total. The number of rotatable bonds is 2. The molecule has 0 spiro atoms. The van der Waals surface area contributed by atoms with Crippen LogP contribution in [0.15, 0.2) is 4.52 Å². The third kappa shape index (κ3) is 2.77. The first-order valence-electron chi connectivity index (χ1n) is 3.12. The Morgan fingerprint density at radius 3 is 2.50 bits per heavy atom. The molecular weight excluding hydrogens is 175 g/mol. The maximum atomic E-state index is 11.6. The molecule has 0 atom stereocenters. The lowest BCUT2D eigenvalue weighted by Gasteiger charge is -2.01. The maximum Gasteiger partial charge on any atom is 0.389 e. The summed E-state index contributed by atoms with van der Waals surface area (Å²) in [6.45, 7) is 0. The molecular formula is C5H6F3N3O. The van der Waals surface area contributed by atoms with Crippen LogP contribution in [0.2, 0.25) is 0 Å². The number of nitrogen functional groups attached to an aromatic ring is 1. The molecule has 0 radical (unpaired) electrons. The third-order valence-corrected chi connectivity index (χ3v) is 1.11. The van der Waals surface area contributed by atoms with Gasteiger partial charge < -0.3 is 10.3 Å². The van der Waals surface area contributed by atoms with Crippen LogP contribution >= 0.6 is 0 Å². The highest BCUT2D eigenvalue weighted by Crippen LogP contribution is 2.21. The smallest absolute Gasteiger partial charge is 0.365 e. The minimum Gasteiger partial charge on any atom is -0.365 e. The zero-order valence-corrected chi connectivity index (χ0v) is 5.93. The van der Waals surface area contributed by atoms with Crippen molar-refractivity contribution in [3.8, 4) is 0 Å². The van der Waals surface area contributed by atoms with Gasteiger partial charge in [-0.3, -0.25) is 0 Å². The lowest BCUT2D eigenvalue weighted by atomic mass is 10.3. The fourth-order valence-corrected chi connectivity index (χ4v) is 0.618. The molecule has 0 bridgehead atoms. The summed E-state index contributed by atoms with van der Waals surface area (Å²) in [5.41, 5.74) is 5.02. The van der Waals surface area contributed by atoms with Gasteiger partial charge >= 0.3 is 6.18 Å². The van der Waals surface area contributed by atoms with Crippen molar-refractivity contribution in [3.05, 3.63) is 5.89 Å². The number of nitrogens with zero attached hydrogens (tertiary/aromatic N) is 2. The van der Waals surface area contributed by atoms with Gasteiger partial charge in [0.05, 0.1) is 6.42 Å². The topological polar surface area (TPSA) is 64.9 Å². The number of halogens is 3. The predicted molar refractivity (Wildman–Crippen MR) is 33.1 cm³/mol. The maximum absolute atomic E-state index is 11.6. The van der Waals surface area contributed by atoms with Gasteiger partial charge in [0.15, 0.2) is 0 Å². The number of hydrogen-bond donors (Lipinski definition) is 1. The van der Waals surface area contributed by atoms with Crippen LogP contribution in [-0.2, 0) is 6.42 Å². The molecule has 0 aliphatic rings. The van der Waals surface area contributed by atoms with Gasteiger partial charge in [0.2, 0.25) is 5.89 Å². The van der Waals surface area contributed by atoms with E-state index in [9.17, 15) is 13.2 Å². The van der Waals surface area contributed by atoms with Crippen LogP contribution in [0.25, 0.3) is 0 Å². The molecule has 0 saturated carbocycles. The average Bonchev–Trinajstić information content (AvgIpc) is 2.30. The third-order valence-electron chi connectivity index (χ3n) is 1.11. The summed E-state index contributed by atoms with van der Waals surface area (Å²) < 4.78 is 39.3. The van der Waals surface area contributed by atoms with E-state index in [1.807, 2.05) is 0 Å². The van der Waals surface area contributed by atoms with Gasteiger partial charge in [-0.1, -0.05) is 0 Å². The second kappa shape index (κ2) is 3.00. The first kappa shape index (κ1) is 8.82. The van der Waals surface area contributed by atoms with Crippen LogP contribution in [0.3, 0.4) is 0 Å². The van der Waals surface area contributed by atoms with Crippen LogP contribution in [0, 0.1) is 0 Å². The first-order chi connectivity index (χ1) is 5.47. The zero-order valence-electron chi connectivity index (χ0n) is 5.93. The van der Waals surface area contributed by atoms with E-state index in [2.05, 4.69) is 14.7 Å². The van der Waals surface area contributed by atoms with Crippen LogP contribution in [0.4, 0.5) is 19.1 Å². The number of aryl methyl sites for hydroxylation is 1. The molecule has 0 aliphatic heterocycles. The van der Waals surface area contributed by atoms with Gasteiger partial charge in [-0.15, -0.1) is 0 Å². The van der Waals surface area contributed by atoms with Crippen LogP contribution in [0.5, 0.6) is 0 Å². The van der Waals surface area contributed by atoms with Gasteiger partial charge in [-0.25, -0.2) is 0 Å². The highest BCUT2D eigenvalue weighted by atomic mass is 19.4. The lowest BCUT2D eigenvalue weighted by molar-refractivity contribution is -0.134. The molecule has 12 heavy (non-hydrogen) atoms. The summed E-state index contributed by atoms with van der Waals surface area (Å²) in [6.07, 6.45) is -5.51. The predicted octanol–water partition coefficient (Wildman–Crippen LogP) is 1.15. The van der Waals surface area contributed by atoms with Crippen LogP contribution in [-0.4, -0.2) is 16.3 Å². The van der Waals surface area contributed by atoms with Crippen molar-refractivity contribution in [2.24, 2.45) is 0 Å². The quantitative estimate of drug-likeness (QED) is 0.743. The Morgan fingerprint density at radius 2 is 2.08 bits per heavy atom. The summed E-state index contributed by atoms with van der Waals surface area (Å²) in [7, 11) is 0. The van der Waals surface area contributed by atoms with Gasteiger partial charge in [0, 0.05) is 6.42 Å². The minimum absolute atomic E-state index is 0.0928. The van der Waals surface area contributed by atoms with Gasteiger partial charge in [-0.2, -0.15) is 18.2 Å². The normalized spacial score (nSPS) is 11.9. The van der Waals surface area contributed by atoms with Crippen molar-refractivity contribution in [1.29, 1.82) is 0 Å². The van der Waals surface area contributed by atoms with Gasteiger partial charge in [-0.05, 0) is 5.16 Å². The summed E-state index contributed by atoms with van der Waals surface area (Å²) in [6, 6.07) is 0. The number of anilines is 1. The number of alkyl halides is 3. The average molecular weight is 181 g/mol. The fourth-order valence-electron chi connectivity index (χ4n) is 0.618. The fraction of sp³-hybridized carbons (Fsp3) is 0.600. The van der Waals surface area contributed by atoms with Crippen molar-refractivity contribution in [2.45, 2.75) is 19.0 Å². The molecule has 1 heterocycles. The van der Waals surface area contributed by atoms with Gasteiger partial charge in [0.25, 0.3) is 5.95 Å². The zero-order chi connectivity index (χ0) is 9.19. The summed E-state index contributed by atoms with van der Waals surface area (Å²) in [5, 5.41) is 3.14. The van der Waals surface area contributed by atoms with E-state index in [1.165, 1.54) is 0 Å². The summed E-state index contributed by atoms with van der Waals surface area (Å²) in [5.74, 6) is -0.239. The molecule has 1 aromatic heterocycles. The Morgan fingerprint density at radius 1 is 1.42 bits per heavy atom. The van der Waals surface area contributed by atoms with E-state index in [0.29, 0.717) is 0 Å². The van der Waals surface area contributed by atoms with Crippen molar-refractivity contribution in [1.82, 2.24) is 10.1 Å². The highest BCUT2D eigenvalue weighted by Gasteiger charge is 2.27. The largest absolute Gasteiger partial charge is 0.389 e. The summed E-state index contributed by atoms with van der Waals surface area (Å²) >= 11 is 0. The molecule has 0 aromatic carbocycles. The summed E-state index contributed by atoms with van der Waals surface area (Å²) in [4.78, 5) is 3.41. The second-order valence-electron chi connectivity index (χ2n) is 2.16. The second-order valence-corrected chi connectivity index (χ2v) is 2.16. The molecule has 68 valence electrons. The highest BCUT2D eigenvalue weighted by molar-refractivity contribution is 5.10. The van der Waals surface area contributed by atoms with Crippen molar-refractivity contribution < 1.29 is 17.7 Å². The number of hydrogen-bond acceptors (Lipinski definition) is 4. The van der Waals surface area contributed by atoms with Crippen molar-refractivity contribution in [3.63, 3.8) is 0 Å². The van der Waals surface area contributed by atoms with Crippen molar-refractivity contribution in [2.75, 3.05) is 5.73 Å². The van der Waals surface area contributed by atoms with E-state index in [1.54, 1.807) is 0 Å². The van der Waals surface area contributed by atoms with E-state index < -0.39 is 12.6 Å². The van der Waals surface area contributed by atoms with Crippen LogP contribution < -0.4 is 5.73 Å². The van der Waals surface area contributed by atoms with E-state index >= 15 is 0 Å². The molecule has 4 nitrogen and oxygen atoms in total. The molecule has 0 aliphatic carbocycles. The SMILES string of the molecule is Nc1noc(CCC(F)(F)F)n1. The Labute approximate surface area is 65.5 Å². The standard InChI is InChI=1S/C5H6F3N3O/c6-5(7,8)2-1-3-10-4(9)11-12-3/h1-2H2,(H2,9,11). The molecule has 0 unspecified atom stereocenters. The molecule has 0 fully saturated rings. The van der Waals surface area contributed by atoms with E-state index in [4.69, 9.17) is 5.73 Å². The lowest BCUT2D eigenvalue weighted by Crippen LogP contribution is -2.08. The Balaban J connectivity index is 2.44. The Hall–Kier alpha value is -1.27. The monoisotopic (exact) mass is 181 g/mol. The van der Waals surface area contributed by atoms with E-state index in [-0.39, 0.29) is 18.3 Å². The van der Waals surface area contributed by atoms with Crippen LogP contribution in [0.1, 0.15) is 12.3 Å². The molecule has 0 amide bonds. The number of aromatic nitrogens is 2. The van der Waals surface area contributed by atoms with Gasteiger partial charge in [0.1, 0.15) is 0 Å².